The molecule has 0 amide bonds. The van der Waals surface area contributed by atoms with Crippen molar-refractivity contribution in [2.24, 2.45) is 0 Å². The Bertz CT molecular complexity index is 4450. The van der Waals surface area contributed by atoms with E-state index < -0.39 is 166 Å². The van der Waals surface area contributed by atoms with Crippen LogP contribution in [0.25, 0.3) is 0 Å². The number of hydrogen-bond donors (Lipinski definition) is 1. The quantitative estimate of drug-likeness (QED) is 0.0389. The largest absolute Gasteiger partial charge is 0.459 e. The minimum Gasteiger partial charge on any atom is -0.459 e. The molecule has 25 nitrogen and oxygen atoms in total. The van der Waals surface area contributed by atoms with Gasteiger partial charge < -0.3 is 76.2 Å². The molecule has 0 spiro atoms. The summed E-state index contributed by atoms with van der Waals surface area (Å²) in [6.07, 6.45) is -30.1. The van der Waals surface area contributed by atoms with Crippen molar-refractivity contribution in [3.05, 3.63) is 323 Å². The van der Waals surface area contributed by atoms with Crippen molar-refractivity contribution in [1.29, 1.82) is 0 Å². The SMILES string of the molecule is CO[C@H]1O[C@H](COC(=O)c2ccccc2)[C@@H](O[C@@H]2O[C@H](COC(=O)c3ccccc3)[C@@H](OC(=O)c3ccccc3)[C@H](OC(=O)c3ccccc3)[C@H]2OC(=O)c2ccccc2)[C@H](O[C@@H]2O[C@H](COC(=O)c3ccccc3)[C@@H](OC(=O)c3ccccc3)[C@H](OC(=O)c3ccccc3)[C@H]2OC(=O)c2ccccc2)[C@H]1O. The average Bonchev–Trinajstić information content (AvgIpc) is 0.760. The Morgan fingerprint density at radius 3 is 0.692 bits per heavy atom. The second kappa shape index (κ2) is 36.1. The van der Waals surface area contributed by atoms with Gasteiger partial charge in [0, 0.05) is 7.11 Å². The molecule has 3 heterocycles. The molecule has 0 aliphatic carbocycles. The van der Waals surface area contributed by atoms with Crippen LogP contribution >= 0.6 is 0 Å². The van der Waals surface area contributed by atoms with Gasteiger partial charge in [0.2, 0.25) is 0 Å². The van der Waals surface area contributed by atoms with Gasteiger partial charge in [-0.1, -0.05) is 164 Å². The summed E-state index contributed by atoms with van der Waals surface area (Å²) in [6.45, 7) is -2.52. The highest BCUT2D eigenvalue weighted by Gasteiger charge is 2.60. The van der Waals surface area contributed by atoms with E-state index in [1.165, 1.54) is 133 Å². The topological polar surface area (TPSA) is 312 Å². The van der Waals surface area contributed by atoms with Crippen molar-refractivity contribution in [2.75, 3.05) is 26.9 Å². The van der Waals surface area contributed by atoms with E-state index in [0.717, 1.165) is 7.11 Å². The minimum absolute atomic E-state index is 0.0150. The number of aliphatic hydroxyl groups is 1. The molecule has 9 aromatic carbocycles. The highest BCUT2D eigenvalue weighted by atomic mass is 16.8. The average molecular weight is 1460 g/mol. The molecule has 107 heavy (non-hydrogen) atoms. The van der Waals surface area contributed by atoms with Crippen molar-refractivity contribution < 1.29 is 119 Å². The van der Waals surface area contributed by atoms with Crippen molar-refractivity contribution in [3.8, 4) is 0 Å². The standard InChI is InChI=1S/C82H70O25/c1-93-80-62(83)66(107-82-70(105-79(92)58-45-27-10-28-46-58)68(103-77(90)56-41-23-8-24-42-56)65(101-75(88)54-37-19-6-20-38-54)61(99-82)49-96-73(86)52-33-15-4-16-34-52)63(59(97-80)47-94-71(84)50-29-11-2-12-30-50)106-81-69(104-78(91)57-43-25-9-26-44-57)67(102-76(89)55-39-21-7-22-40-55)64(100-74(87)53-35-17-5-18-36-53)60(98-81)48-95-72(85)51-31-13-3-14-32-51/h2-46,59-70,80-83H,47-49H2,1H3/t59-,60-,61-,62-,63-,64-,65-,66-,67+,68+,69-,70-,80+,81+,82+/m1/s1. The van der Waals surface area contributed by atoms with Gasteiger partial charge in [-0.05, 0) is 109 Å². The number of methoxy groups -OCH3 is 1. The highest BCUT2D eigenvalue weighted by molar-refractivity contribution is 5.94. The zero-order valence-electron chi connectivity index (χ0n) is 57.0. The lowest BCUT2D eigenvalue weighted by Gasteiger charge is -2.50. The van der Waals surface area contributed by atoms with Gasteiger partial charge in [0.25, 0.3) is 0 Å². The van der Waals surface area contributed by atoms with Crippen LogP contribution in [0.5, 0.6) is 0 Å². The maximum absolute atomic E-state index is 14.9. The van der Waals surface area contributed by atoms with Gasteiger partial charge in [0.15, 0.2) is 55.5 Å². The predicted molar refractivity (Wildman–Crippen MR) is 373 cm³/mol. The normalized spacial score (nSPS) is 23.8. The van der Waals surface area contributed by atoms with Crippen LogP contribution < -0.4 is 0 Å². The third kappa shape index (κ3) is 18.9. The highest BCUT2D eigenvalue weighted by Crippen LogP contribution is 2.39. The molecule has 0 aromatic heterocycles. The maximum atomic E-state index is 14.9. The summed E-state index contributed by atoms with van der Waals surface area (Å²) in [4.78, 5) is 131. The lowest BCUT2D eigenvalue weighted by molar-refractivity contribution is -0.383. The van der Waals surface area contributed by atoms with E-state index >= 15 is 0 Å². The van der Waals surface area contributed by atoms with E-state index in [2.05, 4.69) is 0 Å². The number of rotatable bonds is 26. The number of hydrogen-bond acceptors (Lipinski definition) is 25. The van der Waals surface area contributed by atoms with Gasteiger partial charge in [-0.2, -0.15) is 0 Å². The third-order valence-electron chi connectivity index (χ3n) is 17.3. The zero-order chi connectivity index (χ0) is 74.6. The van der Waals surface area contributed by atoms with E-state index in [1.807, 2.05) is 0 Å². The molecule has 9 aromatic rings. The van der Waals surface area contributed by atoms with Crippen molar-refractivity contribution in [1.82, 2.24) is 0 Å². The summed E-state index contributed by atoms with van der Waals surface area (Å²) in [5.41, 5.74) is -0.0994. The smallest absolute Gasteiger partial charge is 0.338 e. The summed E-state index contributed by atoms with van der Waals surface area (Å²) < 4.78 is 96.1. The van der Waals surface area contributed by atoms with E-state index in [0.29, 0.717) is 0 Å². The Morgan fingerprint density at radius 1 is 0.252 bits per heavy atom. The van der Waals surface area contributed by atoms with Gasteiger partial charge in [0.05, 0.1) is 50.1 Å². The molecule has 3 aliphatic heterocycles. The number of ether oxygens (including phenoxy) is 15. The van der Waals surface area contributed by atoms with Crippen LogP contribution in [0.4, 0.5) is 0 Å². The Labute approximate surface area is 612 Å². The first-order chi connectivity index (χ1) is 52.2. The first-order valence-electron chi connectivity index (χ1n) is 33.9. The first kappa shape index (κ1) is 74.6. The first-order valence-corrected chi connectivity index (χ1v) is 33.9. The number of carbonyl (C=O) groups excluding carboxylic acids is 9. The summed E-state index contributed by atoms with van der Waals surface area (Å²) in [7, 11) is 1.15. The van der Waals surface area contributed by atoms with Gasteiger partial charge in [-0.15, -0.1) is 0 Å². The van der Waals surface area contributed by atoms with Gasteiger partial charge >= 0.3 is 53.7 Å². The summed E-state index contributed by atoms with van der Waals surface area (Å²) in [5, 5.41) is 13.1. The second-order valence-corrected chi connectivity index (χ2v) is 24.4. The van der Waals surface area contributed by atoms with Crippen molar-refractivity contribution in [3.63, 3.8) is 0 Å². The molecule has 3 fully saturated rings. The fourth-order valence-corrected chi connectivity index (χ4v) is 11.9. The molecule has 15 atom stereocenters. The second-order valence-electron chi connectivity index (χ2n) is 24.4. The minimum atomic E-state index is -2.23. The molecular formula is C82H70O25. The third-order valence-corrected chi connectivity index (χ3v) is 17.3. The number of esters is 9. The molecule has 0 unspecified atom stereocenters. The van der Waals surface area contributed by atoms with Crippen molar-refractivity contribution >= 4 is 53.7 Å². The fraction of sp³-hybridized carbons (Fsp3) is 0.232. The molecule has 12 rings (SSSR count). The van der Waals surface area contributed by atoms with Crippen LogP contribution in [0, 0.1) is 0 Å². The molecule has 548 valence electrons. The lowest BCUT2D eigenvalue weighted by atomic mass is 9.95. The predicted octanol–water partition coefficient (Wildman–Crippen LogP) is 9.86. The molecule has 25 heteroatoms. The number of carbonyl (C=O) groups is 9. The summed E-state index contributed by atoms with van der Waals surface area (Å²) >= 11 is 0. The Kier molecular flexibility index (Phi) is 25.2. The Hall–Kier alpha value is -12.1. The Balaban J connectivity index is 1.02. The van der Waals surface area contributed by atoms with Gasteiger partial charge in [-0.3, -0.25) is 0 Å². The maximum Gasteiger partial charge on any atom is 0.338 e. The molecule has 0 saturated carbocycles. The zero-order valence-corrected chi connectivity index (χ0v) is 57.0. The molecule has 0 bridgehead atoms. The van der Waals surface area contributed by atoms with Crippen LogP contribution in [0.1, 0.15) is 93.2 Å². The molecule has 3 saturated heterocycles. The van der Waals surface area contributed by atoms with Crippen LogP contribution in [0.15, 0.2) is 273 Å². The number of aliphatic hydroxyl groups excluding tert-OH is 1. The van der Waals surface area contributed by atoms with Crippen molar-refractivity contribution in [2.45, 2.75) is 92.1 Å². The molecule has 0 radical (unpaired) electrons. The Morgan fingerprint density at radius 2 is 0.449 bits per heavy atom. The summed E-state index contributed by atoms with van der Waals surface area (Å²) in [6, 6.07) is 68.6. The van der Waals surface area contributed by atoms with E-state index in [-0.39, 0.29) is 50.1 Å². The molecule has 1 N–H and O–H groups in total. The van der Waals surface area contributed by atoms with E-state index in [9.17, 15) is 48.3 Å². The summed E-state index contributed by atoms with van der Waals surface area (Å²) in [5.74, 6) is -9.14. The van der Waals surface area contributed by atoms with Gasteiger partial charge in [-0.25, -0.2) is 43.2 Å². The monoisotopic (exact) mass is 1450 g/mol. The lowest BCUT2D eigenvalue weighted by Crippen LogP contribution is -2.68. The fourth-order valence-electron chi connectivity index (χ4n) is 11.9. The van der Waals surface area contributed by atoms with E-state index in [4.69, 9.17) is 71.1 Å². The molecular weight excluding hydrogens is 1380 g/mol. The van der Waals surface area contributed by atoms with E-state index in [1.54, 1.807) is 140 Å². The van der Waals surface area contributed by atoms with Crippen LogP contribution in [0.2, 0.25) is 0 Å². The number of benzene rings is 9. The van der Waals surface area contributed by atoms with Crippen LogP contribution in [0.3, 0.4) is 0 Å². The van der Waals surface area contributed by atoms with Crippen LogP contribution in [-0.2, 0) is 71.1 Å². The molecule has 3 aliphatic rings. The van der Waals surface area contributed by atoms with Crippen LogP contribution in [-0.4, -0.2) is 178 Å². The van der Waals surface area contributed by atoms with Gasteiger partial charge in [0.1, 0.15) is 56.4 Å².